The number of carbonyl (C=O) groups excluding carboxylic acids is 2. The van der Waals surface area contributed by atoms with Gasteiger partial charge in [-0.05, 0) is 57.7 Å². The maximum absolute atomic E-state index is 13.7. The normalized spacial score (nSPS) is 12.6. The first-order valence-electron chi connectivity index (χ1n) is 12.3. The highest BCUT2D eigenvalue weighted by Gasteiger charge is 2.30. The van der Waals surface area contributed by atoms with Crippen molar-refractivity contribution in [3.8, 4) is 0 Å². The minimum atomic E-state index is -3.81. The van der Waals surface area contributed by atoms with E-state index in [2.05, 4.69) is 5.32 Å². The molecule has 2 aromatic carbocycles. The van der Waals surface area contributed by atoms with Crippen molar-refractivity contribution in [2.75, 3.05) is 23.7 Å². The Morgan fingerprint density at radius 2 is 1.65 bits per heavy atom. The summed E-state index contributed by atoms with van der Waals surface area (Å²) in [7, 11) is -3.81. The number of anilines is 1. The lowest BCUT2D eigenvalue weighted by molar-refractivity contribution is -0.141. The second kappa shape index (κ2) is 13.0. The fraction of sp³-hybridized carbons (Fsp3) is 0.481. The monoisotopic (exact) mass is 537 g/mol. The van der Waals surface area contributed by atoms with Gasteiger partial charge in [0.2, 0.25) is 21.8 Å². The molecule has 204 valence electrons. The van der Waals surface area contributed by atoms with Crippen LogP contribution in [0.25, 0.3) is 0 Å². The highest BCUT2D eigenvalue weighted by molar-refractivity contribution is 7.92. The van der Waals surface area contributed by atoms with Crippen LogP contribution in [0.1, 0.15) is 52.5 Å². The second-order valence-electron chi connectivity index (χ2n) is 10.0. The molecule has 0 saturated heterocycles. The summed E-state index contributed by atoms with van der Waals surface area (Å²) in [5, 5.41) is 2.94. The first kappa shape index (κ1) is 30.2. The van der Waals surface area contributed by atoms with Gasteiger partial charge in [-0.2, -0.15) is 0 Å². The zero-order chi connectivity index (χ0) is 27.8. The van der Waals surface area contributed by atoms with Gasteiger partial charge in [-0.15, -0.1) is 0 Å². The van der Waals surface area contributed by atoms with Crippen molar-refractivity contribution in [2.24, 2.45) is 0 Å². The molecule has 0 fully saturated rings. The van der Waals surface area contributed by atoms with Crippen molar-refractivity contribution in [3.63, 3.8) is 0 Å². The van der Waals surface area contributed by atoms with Crippen LogP contribution in [0.3, 0.4) is 0 Å². The smallest absolute Gasteiger partial charge is 0.243 e. The predicted molar refractivity (Wildman–Crippen MR) is 142 cm³/mol. The molecule has 0 heterocycles. The summed E-state index contributed by atoms with van der Waals surface area (Å²) in [6.07, 6.45) is 2.03. The highest BCUT2D eigenvalue weighted by atomic mass is 32.2. The average Bonchev–Trinajstić information content (AvgIpc) is 2.80. The molecule has 10 heteroatoms. The third-order valence-corrected chi connectivity index (χ3v) is 6.91. The van der Waals surface area contributed by atoms with Gasteiger partial charge in [0.25, 0.3) is 0 Å². The Balaban J connectivity index is 2.19. The van der Waals surface area contributed by atoms with Gasteiger partial charge in [0.1, 0.15) is 6.04 Å². The minimum Gasteiger partial charge on any atom is -0.350 e. The Morgan fingerprint density at radius 3 is 2.19 bits per heavy atom. The summed E-state index contributed by atoms with van der Waals surface area (Å²) in [5.74, 6) is -2.79. The lowest BCUT2D eigenvalue weighted by atomic mass is 10.0. The van der Waals surface area contributed by atoms with Gasteiger partial charge in [0, 0.05) is 31.1 Å². The molecule has 0 radical (unpaired) electrons. The van der Waals surface area contributed by atoms with Crippen LogP contribution in [0.2, 0.25) is 0 Å². The molecule has 2 aromatic rings. The van der Waals surface area contributed by atoms with Gasteiger partial charge in [0.15, 0.2) is 11.6 Å². The lowest BCUT2D eigenvalue weighted by Gasteiger charge is -2.33. The van der Waals surface area contributed by atoms with Crippen LogP contribution in [-0.4, -0.2) is 56.1 Å². The number of rotatable bonds is 12. The molecule has 7 nitrogen and oxygen atoms in total. The summed E-state index contributed by atoms with van der Waals surface area (Å²) in [6.45, 7) is 7.65. The molecule has 0 spiro atoms. The molecule has 0 aliphatic heterocycles. The summed E-state index contributed by atoms with van der Waals surface area (Å²) in [6, 6.07) is 11.8. The topological polar surface area (TPSA) is 86.8 Å². The Hall–Kier alpha value is -3.01. The van der Waals surface area contributed by atoms with E-state index < -0.39 is 33.2 Å². The zero-order valence-electron chi connectivity index (χ0n) is 22.1. The number of hydrogen-bond donors (Lipinski definition) is 1. The molecule has 0 unspecified atom stereocenters. The van der Waals surface area contributed by atoms with Gasteiger partial charge < -0.3 is 10.2 Å². The first-order chi connectivity index (χ1) is 17.2. The number of hydrogen-bond acceptors (Lipinski definition) is 4. The third-order valence-electron chi connectivity index (χ3n) is 5.71. The van der Waals surface area contributed by atoms with Crippen LogP contribution in [0, 0.1) is 11.6 Å². The fourth-order valence-corrected chi connectivity index (χ4v) is 4.95. The van der Waals surface area contributed by atoms with Crippen molar-refractivity contribution < 1.29 is 26.8 Å². The van der Waals surface area contributed by atoms with E-state index in [1.165, 1.54) is 6.07 Å². The van der Waals surface area contributed by atoms with Crippen molar-refractivity contribution in [1.82, 2.24) is 10.2 Å². The molecule has 0 aliphatic carbocycles. The summed E-state index contributed by atoms with van der Waals surface area (Å²) in [4.78, 5) is 28.0. The fourth-order valence-electron chi connectivity index (χ4n) is 3.99. The summed E-state index contributed by atoms with van der Waals surface area (Å²) < 4.78 is 52.7. The van der Waals surface area contributed by atoms with Crippen LogP contribution < -0.4 is 9.62 Å². The molecule has 1 N–H and O–H groups in total. The Bertz CT molecular complexity index is 1170. The quantitative estimate of drug-likeness (QED) is 0.438. The minimum absolute atomic E-state index is 0.0224. The van der Waals surface area contributed by atoms with Crippen LogP contribution in [-0.2, 0) is 26.0 Å². The van der Waals surface area contributed by atoms with E-state index in [9.17, 15) is 26.8 Å². The molecule has 37 heavy (non-hydrogen) atoms. The van der Waals surface area contributed by atoms with Crippen LogP contribution in [0.15, 0.2) is 48.5 Å². The van der Waals surface area contributed by atoms with E-state index in [0.29, 0.717) is 19.4 Å². The highest BCUT2D eigenvalue weighted by Crippen LogP contribution is 2.22. The van der Waals surface area contributed by atoms with Gasteiger partial charge in [-0.3, -0.25) is 13.9 Å². The number of sulfonamides is 1. The van der Waals surface area contributed by atoms with Gasteiger partial charge in [-0.25, -0.2) is 17.2 Å². The maximum atomic E-state index is 13.7. The van der Waals surface area contributed by atoms with Crippen molar-refractivity contribution in [2.45, 2.75) is 65.0 Å². The summed E-state index contributed by atoms with van der Waals surface area (Å²) in [5.41, 5.74) is 0.526. The van der Waals surface area contributed by atoms with Crippen LogP contribution >= 0.6 is 0 Å². The lowest BCUT2D eigenvalue weighted by Crippen LogP contribution is -2.54. The molecule has 2 rings (SSSR count). The number of carbonyl (C=O) groups is 2. The van der Waals surface area contributed by atoms with E-state index in [0.717, 1.165) is 28.3 Å². The largest absolute Gasteiger partial charge is 0.350 e. The first-order valence-corrected chi connectivity index (χ1v) is 14.2. The molecule has 2 amide bonds. The Kier molecular flexibility index (Phi) is 10.6. The van der Waals surface area contributed by atoms with Crippen molar-refractivity contribution in [3.05, 3.63) is 65.7 Å². The number of nitrogens with zero attached hydrogens (tertiary/aromatic N) is 2. The van der Waals surface area contributed by atoms with E-state index in [-0.39, 0.29) is 36.9 Å². The average molecular weight is 538 g/mol. The molecule has 0 bridgehead atoms. The number of benzene rings is 2. The van der Waals surface area contributed by atoms with Gasteiger partial charge >= 0.3 is 0 Å². The predicted octanol–water partition coefficient (Wildman–Crippen LogP) is 4.28. The van der Waals surface area contributed by atoms with E-state index in [4.69, 9.17) is 0 Å². The van der Waals surface area contributed by atoms with Gasteiger partial charge in [-0.1, -0.05) is 37.3 Å². The zero-order valence-corrected chi connectivity index (χ0v) is 22.9. The Morgan fingerprint density at radius 1 is 1.00 bits per heavy atom. The Labute approximate surface area is 218 Å². The molecular formula is C27H37F2N3O4S. The van der Waals surface area contributed by atoms with E-state index in [1.807, 2.05) is 58.0 Å². The standard InChI is InChI=1S/C27H37F2N3O4S/c1-6-24(26(34)30-27(2,3)4)31(18-16-20-11-8-7-9-12-20)25(33)13-10-17-32(37(5,35)36)21-14-15-22(28)23(29)19-21/h7-9,11-12,14-15,19,24H,6,10,13,16-18H2,1-5H3,(H,30,34)/t24-/m1/s1. The summed E-state index contributed by atoms with van der Waals surface area (Å²) >= 11 is 0. The second-order valence-corrected chi connectivity index (χ2v) is 11.9. The molecule has 0 saturated carbocycles. The van der Waals surface area contributed by atoms with E-state index >= 15 is 0 Å². The third kappa shape index (κ3) is 9.42. The molecule has 0 aromatic heterocycles. The van der Waals surface area contributed by atoms with Crippen molar-refractivity contribution in [1.29, 1.82) is 0 Å². The number of amides is 2. The molecule has 1 atom stereocenters. The van der Waals surface area contributed by atoms with Crippen LogP contribution in [0.5, 0.6) is 0 Å². The van der Waals surface area contributed by atoms with Crippen LogP contribution in [0.4, 0.5) is 14.5 Å². The number of nitrogens with one attached hydrogen (secondary N) is 1. The maximum Gasteiger partial charge on any atom is 0.243 e. The number of halogens is 2. The SMILES string of the molecule is CC[C@H](C(=O)NC(C)(C)C)N(CCc1ccccc1)C(=O)CCCN(c1ccc(F)c(F)c1)S(C)(=O)=O. The van der Waals surface area contributed by atoms with E-state index in [1.54, 1.807) is 4.90 Å². The molecular weight excluding hydrogens is 500 g/mol. The molecule has 0 aliphatic rings. The van der Waals surface area contributed by atoms with Crippen molar-refractivity contribution >= 4 is 27.5 Å². The van der Waals surface area contributed by atoms with Gasteiger partial charge in [0.05, 0.1) is 11.9 Å².